The van der Waals surface area contributed by atoms with Crippen molar-refractivity contribution < 1.29 is 15.0 Å². The maximum atomic E-state index is 10.6. The van der Waals surface area contributed by atoms with Gasteiger partial charge in [0.2, 0.25) is 0 Å². The molecule has 5 nitrogen and oxygen atoms in total. The second kappa shape index (κ2) is 3.77. The van der Waals surface area contributed by atoms with Crippen molar-refractivity contribution in [3.8, 4) is 11.8 Å². The summed E-state index contributed by atoms with van der Waals surface area (Å²) in [4.78, 5) is 10.6. The van der Waals surface area contributed by atoms with Crippen LogP contribution < -0.4 is 5.73 Å². The van der Waals surface area contributed by atoms with Crippen molar-refractivity contribution in [1.29, 1.82) is 5.26 Å². The number of aliphatic carboxylic acids is 1. The summed E-state index contributed by atoms with van der Waals surface area (Å²) < 4.78 is 0. The van der Waals surface area contributed by atoms with Crippen LogP contribution >= 0.6 is 0 Å². The second-order valence-electron chi connectivity index (χ2n) is 2.70. The number of hydrogen-bond donors (Lipinski definition) is 3. The van der Waals surface area contributed by atoms with Crippen LogP contribution in [0.3, 0.4) is 0 Å². The highest BCUT2D eigenvalue weighted by atomic mass is 16.4. The van der Waals surface area contributed by atoms with E-state index in [2.05, 4.69) is 0 Å². The molecule has 0 saturated heterocycles. The number of phenols is 1. The van der Waals surface area contributed by atoms with Crippen molar-refractivity contribution in [2.45, 2.75) is 6.04 Å². The zero-order valence-corrected chi connectivity index (χ0v) is 7.14. The van der Waals surface area contributed by atoms with E-state index in [4.69, 9.17) is 21.2 Å². The van der Waals surface area contributed by atoms with Gasteiger partial charge in [0.15, 0.2) is 0 Å². The van der Waals surface area contributed by atoms with Crippen LogP contribution in [0.2, 0.25) is 0 Å². The van der Waals surface area contributed by atoms with E-state index in [1.54, 1.807) is 6.07 Å². The number of carboxylic acid groups (broad SMARTS) is 1. The molecule has 0 aliphatic carbocycles. The quantitative estimate of drug-likeness (QED) is 0.626. The van der Waals surface area contributed by atoms with Crippen LogP contribution in [0.4, 0.5) is 0 Å². The van der Waals surface area contributed by atoms with Crippen molar-refractivity contribution in [2.75, 3.05) is 0 Å². The van der Waals surface area contributed by atoms with Crippen LogP contribution in [0.15, 0.2) is 18.2 Å². The number of hydrogen-bond acceptors (Lipinski definition) is 4. The van der Waals surface area contributed by atoms with E-state index < -0.39 is 12.0 Å². The number of benzene rings is 1. The van der Waals surface area contributed by atoms with E-state index in [1.807, 2.05) is 0 Å². The molecule has 0 saturated carbocycles. The van der Waals surface area contributed by atoms with Gasteiger partial charge in [0, 0.05) is 0 Å². The van der Waals surface area contributed by atoms with E-state index in [9.17, 15) is 4.79 Å². The smallest absolute Gasteiger partial charge is 0.325 e. The third-order valence-corrected chi connectivity index (χ3v) is 1.76. The highest BCUT2D eigenvalue weighted by Crippen LogP contribution is 2.20. The van der Waals surface area contributed by atoms with Gasteiger partial charge in [0.1, 0.15) is 11.8 Å². The molecule has 0 aliphatic heterocycles. The number of nitrogens with zero attached hydrogens (tertiary/aromatic N) is 1. The zero-order valence-electron chi connectivity index (χ0n) is 7.14. The summed E-state index contributed by atoms with van der Waals surface area (Å²) in [5.74, 6) is -1.31. The Balaban J connectivity index is 3.22. The Morgan fingerprint density at radius 3 is 2.71 bits per heavy atom. The molecule has 5 heteroatoms. The average Bonchev–Trinajstić information content (AvgIpc) is 2.16. The molecule has 0 radical (unpaired) electrons. The standard InChI is InChI=1S/C9H8N2O3/c10-4-5-3-6(12)1-2-7(5)8(11)9(13)14/h1-3,8,12H,11H2,(H,13,14). The maximum absolute atomic E-state index is 10.6. The molecule has 0 bridgehead atoms. The lowest BCUT2D eigenvalue weighted by molar-refractivity contribution is -0.138. The SMILES string of the molecule is N#Cc1cc(O)ccc1C(N)C(=O)O. The van der Waals surface area contributed by atoms with Crippen molar-refractivity contribution >= 4 is 5.97 Å². The van der Waals surface area contributed by atoms with Gasteiger partial charge in [-0.15, -0.1) is 0 Å². The summed E-state index contributed by atoms with van der Waals surface area (Å²) >= 11 is 0. The molecule has 0 spiro atoms. The Morgan fingerprint density at radius 1 is 1.57 bits per heavy atom. The molecule has 0 aromatic heterocycles. The van der Waals surface area contributed by atoms with Gasteiger partial charge in [-0.1, -0.05) is 6.07 Å². The van der Waals surface area contributed by atoms with Crippen LogP contribution in [-0.4, -0.2) is 16.2 Å². The number of nitriles is 1. The van der Waals surface area contributed by atoms with Crippen LogP contribution in [0, 0.1) is 11.3 Å². The summed E-state index contributed by atoms with van der Waals surface area (Å²) in [6.45, 7) is 0. The number of nitrogens with two attached hydrogens (primary N) is 1. The summed E-state index contributed by atoms with van der Waals surface area (Å²) in [7, 11) is 0. The fraction of sp³-hybridized carbons (Fsp3) is 0.111. The first-order chi connectivity index (χ1) is 6.56. The molecule has 14 heavy (non-hydrogen) atoms. The van der Waals surface area contributed by atoms with Crippen molar-refractivity contribution in [1.82, 2.24) is 0 Å². The minimum absolute atomic E-state index is 0.0694. The number of carbonyl (C=O) groups is 1. The van der Waals surface area contributed by atoms with E-state index in [1.165, 1.54) is 18.2 Å². The predicted octanol–water partition coefficient (Wildman–Crippen LogP) is 0.348. The largest absolute Gasteiger partial charge is 0.508 e. The molecular weight excluding hydrogens is 184 g/mol. The van der Waals surface area contributed by atoms with Crippen LogP contribution in [0.25, 0.3) is 0 Å². The molecule has 0 amide bonds. The first-order valence-corrected chi connectivity index (χ1v) is 3.77. The van der Waals surface area contributed by atoms with Gasteiger partial charge in [-0.3, -0.25) is 4.79 Å². The Kier molecular flexibility index (Phi) is 2.70. The number of rotatable bonds is 2. The van der Waals surface area contributed by atoms with Gasteiger partial charge in [-0.05, 0) is 17.7 Å². The minimum Gasteiger partial charge on any atom is -0.508 e. The minimum atomic E-state index is -1.25. The Labute approximate surface area is 80.0 Å². The van der Waals surface area contributed by atoms with Crippen LogP contribution in [-0.2, 0) is 4.79 Å². The van der Waals surface area contributed by atoms with E-state index in [0.29, 0.717) is 0 Å². The fourth-order valence-corrected chi connectivity index (χ4v) is 1.05. The van der Waals surface area contributed by atoms with E-state index >= 15 is 0 Å². The molecule has 0 aliphatic rings. The third-order valence-electron chi connectivity index (χ3n) is 1.76. The summed E-state index contributed by atoms with van der Waals surface area (Å²) in [6.07, 6.45) is 0. The molecule has 1 aromatic carbocycles. The Morgan fingerprint density at radius 2 is 2.21 bits per heavy atom. The number of phenolic OH excluding ortho intramolecular Hbond substituents is 1. The molecule has 1 aromatic rings. The predicted molar refractivity (Wildman–Crippen MR) is 47.4 cm³/mol. The monoisotopic (exact) mass is 192 g/mol. The normalized spacial score (nSPS) is 11.7. The highest BCUT2D eigenvalue weighted by Gasteiger charge is 2.17. The topological polar surface area (TPSA) is 107 Å². The zero-order chi connectivity index (χ0) is 10.7. The molecule has 0 heterocycles. The molecule has 4 N–H and O–H groups in total. The second-order valence-corrected chi connectivity index (χ2v) is 2.70. The highest BCUT2D eigenvalue weighted by molar-refractivity contribution is 5.76. The molecule has 0 fully saturated rings. The third kappa shape index (κ3) is 1.81. The van der Waals surface area contributed by atoms with E-state index in [0.717, 1.165) is 0 Å². The molecule has 72 valence electrons. The molecule has 1 unspecified atom stereocenters. The first kappa shape index (κ1) is 10.0. The lowest BCUT2D eigenvalue weighted by Crippen LogP contribution is -2.21. The van der Waals surface area contributed by atoms with Gasteiger partial charge in [0.05, 0.1) is 11.6 Å². The van der Waals surface area contributed by atoms with Crippen molar-refractivity contribution in [2.24, 2.45) is 5.73 Å². The number of aromatic hydroxyl groups is 1. The van der Waals surface area contributed by atoms with Gasteiger partial charge in [0.25, 0.3) is 0 Å². The van der Waals surface area contributed by atoms with Crippen molar-refractivity contribution in [3.05, 3.63) is 29.3 Å². The van der Waals surface area contributed by atoms with Gasteiger partial charge < -0.3 is 15.9 Å². The lowest BCUT2D eigenvalue weighted by Gasteiger charge is -2.08. The molecule has 1 atom stereocenters. The summed E-state index contributed by atoms with van der Waals surface area (Å²) in [6, 6.07) is 4.32. The Bertz CT molecular complexity index is 409. The summed E-state index contributed by atoms with van der Waals surface area (Å²) in [5.41, 5.74) is 5.59. The lowest BCUT2D eigenvalue weighted by atomic mass is 10.0. The van der Waals surface area contributed by atoms with Gasteiger partial charge in [-0.25, -0.2) is 0 Å². The molecular formula is C9H8N2O3. The molecule has 1 rings (SSSR count). The average molecular weight is 192 g/mol. The van der Waals surface area contributed by atoms with Gasteiger partial charge >= 0.3 is 5.97 Å². The van der Waals surface area contributed by atoms with Crippen molar-refractivity contribution in [3.63, 3.8) is 0 Å². The number of carboxylic acids is 1. The summed E-state index contributed by atoms with van der Waals surface area (Å²) in [5, 5.41) is 26.3. The Hall–Kier alpha value is -2.06. The maximum Gasteiger partial charge on any atom is 0.325 e. The van der Waals surface area contributed by atoms with Crippen LogP contribution in [0.1, 0.15) is 17.2 Å². The fourth-order valence-electron chi connectivity index (χ4n) is 1.05. The van der Waals surface area contributed by atoms with Crippen LogP contribution in [0.5, 0.6) is 5.75 Å². The first-order valence-electron chi connectivity index (χ1n) is 3.77. The van der Waals surface area contributed by atoms with Gasteiger partial charge in [-0.2, -0.15) is 5.26 Å². The van der Waals surface area contributed by atoms with E-state index in [-0.39, 0.29) is 16.9 Å².